The number of H-pyrrole nitrogens is 1. The van der Waals surface area contributed by atoms with Crippen molar-refractivity contribution in [2.75, 3.05) is 24.5 Å². The van der Waals surface area contributed by atoms with Crippen molar-refractivity contribution < 1.29 is 26.7 Å². The first kappa shape index (κ1) is 26.6. The smallest absolute Gasteiger partial charge is 0.367 e. The Morgan fingerprint density at radius 1 is 1.15 bits per heavy atom. The van der Waals surface area contributed by atoms with Gasteiger partial charge in [0.05, 0.1) is 16.6 Å². The van der Waals surface area contributed by atoms with Gasteiger partial charge in [-0.05, 0) is 37.3 Å². The number of aromatic amines is 1. The lowest BCUT2D eigenvalue weighted by atomic mass is 10.0. The van der Waals surface area contributed by atoms with Crippen LogP contribution in [0.15, 0.2) is 64.8 Å². The number of anilines is 1. The van der Waals surface area contributed by atoms with E-state index in [0.29, 0.717) is 29.8 Å². The lowest BCUT2D eigenvalue weighted by molar-refractivity contribution is -0.137. The van der Waals surface area contributed by atoms with Gasteiger partial charge in [0, 0.05) is 54.9 Å². The van der Waals surface area contributed by atoms with Crippen LogP contribution in [-0.4, -0.2) is 64.8 Å². The Kier molecular flexibility index (Phi) is 6.99. The van der Waals surface area contributed by atoms with Crippen molar-refractivity contribution >= 4 is 33.7 Å². The Balaban J connectivity index is 1.40. The van der Waals surface area contributed by atoms with Gasteiger partial charge in [-0.2, -0.15) is 13.2 Å². The maximum Gasteiger partial charge on any atom is 0.416 e. The molecule has 0 aliphatic carbocycles. The third kappa shape index (κ3) is 5.29. The molecule has 3 heterocycles. The van der Waals surface area contributed by atoms with Crippen LogP contribution in [0.4, 0.5) is 18.9 Å². The number of nitrogens with one attached hydrogen (secondary N) is 1. The minimum absolute atomic E-state index is 0.144. The number of fused-ring (bicyclic) bond motifs is 1. The summed E-state index contributed by atoms with van der Waals surface area (Å²) in [5.41, 5.74) is 0.939. The molecule has 14 heteroatoms. The molecule has 39 heavy (non-hydrogen) atoms. The molecule has 2 N–H and O–H groups in total. The summed E-state index contributed by atoms with van der Waals surface area (Å²) in [5.74, 6) is -0.248. The van der Waals surface area contributed by atoms with E-state index in [4.69, 9.17) is 0 Å². The number of carbonyl (C=O) groups excluding carboxylic acids is 1. The van der Waals surface area contributed by atoms with Crippen molar-refractivity contribution in [1.82, 2.24) is 24.4 Å². The van der Waals surface area contributed by atoms with Gasteiger partial charge in [-0.1, -0.05) is 12.1 Å². The Morgan fingerprint density at radius 3 is 2.54 bits per heavy atom. The number of imidazole rings is 1. The summed E-state index contributed by atoms with van der Waals surface area (Å²) >= 11 is -2.43. The van der Waals surface area contributed by atoms with E-state index in [2.05, 4.69) is 15.0 Å². The van der Waals surface area contributed by atoms with Crippen molar-refractivity contribution in [2.24, 2.45) is 0 Å². The molecule has 1 fully saturated rings. The minimum atomic E-state index is -4.58. The van der Waals surface area contributed by atoms with Crippen LogP contribution in [0.3, 0.4) is 0 Å². The summed E-state index contributed by atoms with van der Waals surface area (Å²) in [6.45, 7) is 2.63. The van der Waals surface area contributed by atoms with Gasteiger partial charge in [0.25, 0.3) is 0 Å². The second-order valence-corrected chi connectivity index (χ2v) is 10.0. The first-order valence-corrected chi connectivity index (χ1v) is 13.0. The van der Waals surface area contributed by atoms with Crippen molar-refractivity contribution in [3.8, 4) is 11.1 Å². The molecule has 4 aromatic rings. The molecular weight excluding hydrogens is 537 g/mol. The standard InChI is InChI=1S/C25H23F3N6O4S/c1-15-13-32(8-9-33(15)22(35)14-34-21-5-3-2-4-19(21)31-24(34)36)20-7-6-17(25(26,27)28)10-18(20)16-11-29-23(30-12-16)39(37)38/h2-7,10-12,15H,8-9,13-14H2,1H3,(H,31,36)(H,37,38). The second-order valence-electron chi connectivity index (χ2n) is 9.15. The van der Waals surface area contributed by atoms with Crippen molar-refractivity contribution in [3.05, 3.63) is 70.9 Å². The molecule has 5 rings (SSSR count). The van der Waals surface area contributed by atoms with E-state index in [-0.39, 0.29) is 47.0 Å². The number of nitrogens with zero attached hydrogens (tertiary/aromatic N) is 5. The van der Waals surface area contributed by atoms with Crippen molar-refractivity contribution in [1.29, 1.82) is 0 Å². The summed E-state index contributed by atoms with van der Waals surface area (Å²) < 4.78 is 62.4. The Morgan fingerprint density at radius 2 is 1.87 bits per heavy atom. The Labute approximate surface area is 222 Å². The van der Waals surface area contributed by atoms with E-state index in [1.54, 1.807) is 29.2 Å². The zero-order valence-electron chi connectivity index (χ0n) is 20.6. The Bertz CT molecular complexity index is 1620. The van der Waals surface area contributed by atoms with Crippen molar-refractivity contribution in [3.63, 3.8) is 0 Å². The molecule has 1 aliphatic rings. The lowest BCUT2D eigenvalue weighted by Gasteiger charge is -2.41. The maximum atomic E-state index is 13.5. The number of piperazine rings is 1. The second kappa shape index (κ2) is 10.3. The summed E-state index contributed by atoms with van der Waals surface area (Å²) in [6.07, 6.45) is -2.17. The molecule has 0 radical (unpaired) electrons. The topological polar surface area (TPSA) is 124 Å². The van der Waals surface area contributed by atoms with Crippen LogP contribution >= 0.6 is 0 Å². The summed E-state index contributed by atoms with van der Waals surface area (Å²) in [7, 11) is 0. The fourth-order valence-corrected chi connectivity index (χ4v) is 5.09. The van der Waals surface area contributed by atoms with E-state index < -0.39 is 22.8 Å². The fraction of sp³-hybridized carbons (Fsp3) is 0.280. The van der Waals surface area contributed by atoms with Crippen LogP contribution < -0.4 is 10.6 Å². The fourth-order valence-electron chi connectivity index (χ4n) is 4.80. The molecule has 1 aliphatic heterocycles. The minimum Gasteiger partial charge on any atom is -0.367 e. The zero-order valence-corrected chi connectivity index (χ0v) is 21.4. The third-order valence-electron chi connectivity index (χ3n) is 6.68. The van der Waals surface area contributed by atoms with Crippen LogP contribution in [0.1, 0.15) is 12.5 Å². The Hall–Kier alpha value is -4.04. The van der Waals surface area contributed by atoms with Gasteiger partial charge in [0.2, 0.25) is 22.1 Å². The van der Waals surface area contributed by atoms with E-state index in [9.17, 15) is 31.5 Å². The molecule has 204 valence electrons. The number of benzene rings is 2. The SMILES string of the molecule is CC1CN(c2ccc(C(F)(F)F)cc2-c2cnc(S(=O)O)nc2)CCN1C(=O)Cn1c(=O)[nH]c2ccccc21. The van der Waals surface area contributed by atoms with E-state index in [0.717, 1.165) is 12.1 Å². The number of carbonyl (C=O) groups is 1. The van der Waals surface area contributed by atoms with E-state index >= 15 is 0 Å². The number of rotatable bonds is 5. The van der Waals surface area contributed by atoms with Crippen LogP contribution in [0.25, 0.3) is 22.2 Å². The first-order valence-electron chi connectivity index (χ1n) is 11.9. The molecule has 0 bridgehead atoms. The zero-order chi connectivity index (χ0) is 27.9. The maximum absolute atomic E-state index is 13.5. The number of hydrogen-bond donors (Lipinski definition) is 2. The van der Waals surface area contributed by atoms with Crippen LogP contribution in [0, 0.1) is 0 Å². The predicted molar refractivity (Wildman–Crippen MR) is 137 cm³/mol. The quantitative estimate of drug-likeness (QED) is 0.284. The summed E-state index contributed by atoms with van der Waals surface area (Å²) in [6, 6.07) is 10.1. The number of aromatic nitrogens is 4. The average molecular weight is 561 g/mol. The molecular formula is C25H23F3N6O4S. The van der Waals surface area contributed by atoms with E-state index in [1.807, 2.05) is 11.8 Å². The van der Waals surface area contributed by atoms with Crippen LogP contribution in [0.5, 0.6) is 0 Å². The van der Waals surface area contributed by atoms with Crippen LogP contribution in [0.2, 0.25) is 0 Å². The molecule has 2 aromatic heterocycles. The van der Waals surface area contributed by atoms with Gasteiger partial charge >= 0.3 is 11.9 Å². The van der Waals surface area contributed by atoms with Crippen molar-refractivity contribution in [2.45, 2.75) is 30.8 Å². The van der Waals surface area contributed by atoms with E-state index in [1.165, 1.54) is 23.0 Å². The monoisotopic (exact) mass is 560 g/mol. The average Bonchev–Trinajstić information content (AvgIpc) is 3.22. The molecule has 0 saturated carbocycles. The van der Waals surface area contributed by atoms with Crippen LogP contribution in [-0.2, 0) is 28.6 Å². The molecule has 2 unspecified atom stereocenters. The number of halogens is 3. The number of alkyl halides is 3. The van der Waals surface area contributed by atoms with Gasteiger partial charge in [-0.25, -0.2) is 19.0 Å². The highest BCUT2D eigenvalue weighted by atomic mass is 32.2. The normalized spacial score (nSPS) is 17.0. The number of para-hydroxylation sites is 2. The molecule has 1 amide bonds. The third-order valence-corrected chi connectivity index (χ3v) is 7.21. The van der Waals surface area contributed by atoms with Gasteiger partial charge < -0.3 is 14.8 Å². The predicted octanol–water partition coefficient (Wildman–Crippen LogP) is 3.12. The van der Waals surface area contributed by atoms with Gasteiger partial charge in [0.15, 0.2) is 0 Å². The lowest BCUT2D eigenvalue weighted by Crippen LogP contribution is -2.55. The van der Waals surface area contributed by atoms with Gasteiger partial charge in [-0.15, -0.1) is 0 Å². The van der Waals surface area contributed by atoms with Gasteiger partial charge in [0.1, 0.15) is 6.54 Å². The number of hydrogen-bond acceptors (Lipinski definition) is 6. The molecule has 0 spiro atoms. The van der Waals surface area contributed by atoms with Gasteiger partial charge in [-0.3, -0.25) is 13.9 Å². The number of amides is 1. The molecule has 1 saturated heterocycles. The molecule has 2 atom stereocenters. The highest BCUT2D eigenvalue weighted by Gasteiger charge is 2.33. The summed E-state index contributed by atoms with van der Waals surface area (Å²) in [4.78, 5) is 39.5. The highest BCUT2D eigenvalue weighted by molar-refractivity contribution is 7.79. The highest BCUT2D eigenvalue weighted by Crippen LogP contribution is 2.38. The first-order chi connectivity index (χ1) is 18.5. The largest absolute Gasteiger partial charge is 0.416 e. The molecule has 10 nitrogen and oxygen atoms in total. The summed E-state index contributed by atoms with van der Waals surface area (Å²) in [5, 5.41) is -0.359. The molecule has 2 aromatic carbocycles.